The summed E-state index contributed by atoms with van der Waals surface area (Å²) in [5, 5.41) is 0. The average Bonchev–Trinajstić information content (AvgIpc) is 2.99. The third kappa shape index (κ3) is 3.35. The predicted molar refractivity (Wildman–Crippen MR) is 97.0 cm³/mol. The Morgan fingerprint density at radius 3 is 2.80 bits per heavy atom. The summed E-state index contributed by atoms with van der Waals surface area (Å²) in [6.45, 7) is 2.09. The van der Waals surface area contributed by atoms with E-state index in [0.29, 0.717) is 18.8 Å². The van der Waals surface area contributed by atoms with Gasteiger partial charge in [-0.2, -0.15) is 0 Å². The van der Waals surface area contributed by atoms with Gasteiger partial charge in [0, 0.05) is 29.8 Å². The molecule has 6 heteroatoms. The third-order valence-electron chi connectivity index (χ3n) is 4.62. The second-order valence-corrected chi connectivity index (χ2v) is 7.22. The fourth-order valence-electron chi connectivity index (χ4n) is 3.44. The molecular weight excluding hydrogens is 384 g/mol. The maximum atomic E-state index is 12.9. The van der Waals surface area contributed by atoms with Crippen LogP contribution in [-0.4, -0.2) is 35.5 Å². The fourth-order valence-corrected chi connectivity index (χ4v) is 3.80. The van der Waals surface area contributed by atoms with Crippen LogP contribution >= 0.6 is 15.9 Å². The molecule has 1 atom stereocenters. The van der Waals surface area contributed by atoms with Crippen molar-refractivity contribution in [1.29, 1.82) is 0 Å². The number of carbonyl (C=O) groups is 1. The number of carbonyl (C=O) groups excluding carboxylic acids is 1. The van der Waals surface area contributed by atoms with E-state index in [0.717, 1.165) is 47.3 Å². The van der Waals surface area contributed by atoms with Crippen molar-refractivity contribution in [2.45, 2.75) is 25.3 Å². The first-order valence-electron chi connectivity index (χ1n) is 8.53. The zero-order valence-corrected chi connectivity index (χ0v) is 15.4. The SMILES string of the molecule is O=C(c1cncc(Br)c1)N1CCC[C@H]1c1ccc2c(c1)OCCCO2. The normalized spacial score (nSPS) is 19.6. The highest BCUT2D eigenvalue weighted by Gasteiger charge is 2.31. The van der Waals surface area contributed by atoms with Crippen LogP contribution in [-0.2, 0) is 0 Å². The van der Waals surface area contributed by atoms with Gasteiger partial charge in [-0.3, -0.25) is 9.78 Å². The summed E-state index contributed by atoms with van der Waals surface area (Å²) in [4.78, 5) is 19.0. The molecule has 3 heterocycles. The number of fused-ring (bicyclic) bond motifs is 1. The van der Waals surface area contributed by atoms with E-state index in [1.165, 1.54) is 0 Å². The largest absolute Gasteiger partial charge is 0.490 e. The zero-order valence-electron chi connectivity index (χ0n) is 13.8. The van der Waals surface area contributed by atoms with Crippen LogP contribution < -0.4 is 9.47 Å². The van der Waals surface area contributed by atoms with Crippen LogP contribution in [0.3, 0.4) is 0 Å². The van der Waals surface area contributed by atoms with Gasteiger partial charge in [0.1, 0.15) is 0 Å². The zero-order chi connectivity index (χ0) is 17.2. The number of benzene rings is 1. The van der Waals surface area contributed by atoms with Crippen LogP contribution in [0.5, 0.6) is 11.5 Å². The monoisotopic (exact) mass is 402 g/mol. The van der Waals surface area contributed by atoms with E-state index in [-0.39, 0.29) is 11.9 Å². The number of halogens is 1. The molecule has 25 heavy (non-hydrogen) atoms. The van der Waals surface area contributed by atoms with Gasteiger partial charge in [0.05, 0.1) is 24.8 Å². The molecule has 0 radical (unpaired) electrons. The molecule has 2 aliphatic rings. The van der Waals surface area contributed by atoms with Crippen LogP contribution in [0.4, 0.5) is 0 Å². The molecule has 2 aromatic rings. The highest BCUT2D eigenvalue weighted by molar-refractivity contribution is 9.10. The standard InChI is InChI=1S/C19H19BrN2O3/c20-15-9-14(11-21-12-15)19(23)22-6-1-3-16(22)13-4-5-17-18(10-13)25-8-2-7-24-17/h4-5,9-12,16H,1-3,6-8H2/t16-/m0/s1. The van der Waals surface area contributed by atoms with Gasteiger partial charge in [-0.15, -0.1) is 0 Å². The van der Waals surface area contributed by atoms with Gasteiger partial charge in [0.15, 0.2) is 11.5 Å². The average molecular weight is 403 g/mol. The number of nitrogens with zero attached hydrogens (tertiary/aromatic N) is 2. The smallest absolute Gasteiger partial charge is 0.255 e. The number of rotatable bonds is 2. The topological polar surface area (TPSA) is 51.7 Å². The lowest BCUT2D eigenvalue weighted by Crippen LogP contribution is -2.30. The summed E-state index contributed by atoms with van der Waals surface area (Å²) in [6.07, 6.45) is 6.13. The molecule has 0 unspecified atom stereocenters. The van der Waals surface area contributed by atoms with E-state index < -0.39 is 0 Å². The quantitative estimate of drug-likeness (QED) is 0.761. The molecule has 1 aromatic heterocycles. The Balaban J connectivity index is 1.61. The van der Waals surface area contributed by atoms with E-state index in [9.17, 15) is 4.79 Å². The Labute approximate surface area is 155 Å². The molecule has 1 aromatic carbocycles. The van der Waals surface area contributed by atoms with Crippen molar-refractivity contribution in [3.8, 4) is 11.5 Å². The molecule has 0 saturated carbocycles. The van der Waals surface area contributed by atoms with Gasteiger partial charge in [-0.1, -0.05) is 6.07 Å². The lowest BCUT2D eigenvalue weighted by atomic mass is 10.0. The van der Waals surface area contributed by atoms with Crippen molar-refractivity contribution in [2.24, 2.45) is 0 Å². The van der Waals surface area contributed by atoms with Crippen molar-refractivity contribution in [1.82, 2.24) is 9.88 Å². The Kier molecular flexibility index (Phi) is 4.61. The van der Waals surface area contributed by atoms with Gasteiger partial charge >= 0.3 is 0 Å². The highest BCUT2D eigenvalue weighted by Crippen LogP contribution is 2.38. The molecule has 130 valence electrons. The fraction of sp³-hybridized carbons (Fsp3) is 0.368. The summed E-state index contributed by atoms with van der Waals surface area (Å²) >= 11 is 3.38. The molecule has 0 N–H and O–H groups in total. The summed E-state index contributed by atoms with van der Waals surface area (Å²) in [5.41, 5.74) is 1.70. The lowest BCUT2D eigenvalue weighted by Gasteiger charge is -2.25. The van der Waals surface area contributed by atoms with Crippen molar-refractivity contribution < 1.29 is 14.3 Å². The maximum Gasteiger partial charge on any atom is 0.255 e. The summed E-state index contributed by atoms with van der Waals surface area (Å²) in [6, 6.07) is 7.90. The number of aromatic nitrogens is 1. The van der Waals surface area contributed by atoms with E-state index in [2.05, 4.69) is 20.9 Å². The molecule has 4 rings (SSSR count). The first kappa shape index (κ1) is 16.4. The molecule has 0 spiro atoms. The summed E-state index contributed by atoms with van der Waals surface area (Å²) in [5.74, 6) is 1.58. The number of ether oxygens (including phenoxy) is 2. The van der Waals surface area contributed by atoms with E-state index in [1.54, 1.807) is 12.4 Å². The number of amides is 1. The minimum atomic E-state index is 0.0170. The number of pyridine rings is 1. The Bertz CT molecular complexity index is 796. The third-order valence-corrected chi connectivity index (χ3v) is 5.06. The molecular formula is C19H19BrN2O3. The molecule has 0 bridgehead atoms. The second-order valence-electron chi connectivity index (χ2n) is 6.31. The first-order valence-corrected chi connectivity index (χ1v) is 9.33. The number of hydrogen-bond donors (Lipinski definition) is 0. The van der Waals surface area contributed by atoms with Crippen molar-refractivity contribution in [3.63, 3.8) is 0 Å². The van der Waals surface area contributed by atoms with Crippen LogP contribution in [0, 0.1) is 0 Å². The van der Waals surface area contributed by atoms with Crippen LogP contribution in [0.25, 0.3) is 0 Å². The van der Waals surface area contributed by atoms with Gasteiger partial charge < -0.3 is 14.4 Å². The highest BCUT2D eigenvalue weighted by atomic mass is 79.9. The molecule has 2 aliphatic heterocycles. The minimum Gasteiger partial charge on any atom is -0.490 e. The van der Waals surface area contributed by atoms with Crippen molar-refractivity contribution >= 4 is 21.8 Å². The van der Waals surface area contributed by atoms with Gasteiger partial charge in [-0.05, 0) is 52.5 Å². The Morgan fingerprint density at radius 1 is 1.12 bits per heavy atom. The second kappa shape index (κ2) is 7.04. The summed E-state index contributed by atoms with van der Waals surface area (Å²) in [7, 11) is 0. The Hall–Kier alpha value is -2.08. The van der Waals surface area contributed by atoms with Crippen LogP contribution in [0.1, 0.15) is 41.2 Å². The molecule has 1 fully saturated rings. The number of hydrogen-bond acceptors (Lipinski definition) is 4. The van der Waals surface area contributed by atoms with E-state index >= 15 is 0 Å². The summed E-state index contributed by atoms with van der Waals surface area (Å²) < 4.78 is 12.3. The predicted octanol–water partition coefficient (Wildman–Crippen LogP) is 3.98. The van der Waals surface area contributed by atoms with E-state index in [4.69, 9.17) is 9.47 Å². The molecule has 1 amide bonds. The lowest BCUT2D eigenvalue weighted by molar-refractivity contribution is 0.0735. The van der Waals surface area contributed by atoms with Crippen LogP contribution in [0.15, 0.2) is 41.1 Å². The van der Waals surface area contributed by atoms with Gasteiger partial charge in [0.25, 0.3) is 5.91 Å². The number of likely N-dealkylation sites (tertiary alicyclic amines) is 1. The van der Waals surface area contributed by atoms with E-state index in [1.807, 2.05) is 29.2 Å². The molecule has 0 aliphatic carbocycles. The van der Waals surface area contributed by atoms with Gasteiger partial charge in [-0.25, -0.2) is 0 Å². The van der Waals surface area contributed by atoms with Crippen molar-refractivity contribution in [3.05, 3.63) is 52.3 Å². The Morgan fingerprint density at radius 2 is 1.96 bits per heavy atom. The van der Waals surface area contributed by atoms with Crippen molar-refractivity contribution in [2.75, 3.05) is 19.8 Å². The molecule has 1 saturated heterocycles. The first-order chi connectivity index (χ1) is 12.2. The minimum absolute atomic E-state index is 0.0170. The molecule has 5 nitrogen and oxygen atoms in total. The van der Waals surface area contributed by atoms with Gasteiger partial charge in [0.2, 0.25) is 0 Å². The maximum absolute atomic E-state index is 12.9. The van der Waals surface area contributed by atoms with Crippen LogP contribution in [0.2, 0.25) is 0 Å².